The number of rotatable bonds is 3. The van der Waals surface area contributed by atoms with Gasteiger partial charge in [0.1, 0.15) is 5.82 Å². The third-order valence-electron chi connectivity index (χ3n) is 2.86. The van der Waals surface area contributed by atoms with Gasteiger partial charge in [0.25, 0.3) is 0 Å². The van der Waals surface area contributed by atoms with Crippen molar-refractivity contribution in [2.24, 2.45) is 0 Å². The van der Waals surface area contributed by atoms with E-state index in [-0.39, 0.29) is 16.7 Å². The molecule has 0 saturated heterocycles. The zero-order chi connectivity index (χ0) is 15.6. The summed E-state index contributed by atoms with van der Waals surface area (Å²) in [7, 11) is 0. The molecule has 1 N–H and O–H groups in total. The summed E-state index contributed by atoms with van der Waals surface area (Å²) in [6.45, 7) is 0. The zero-order valence-electron chi connectivity index (χ0n) is 10.6. The minimum absolute atomic E-state index is 0.000764. The monoisotopic (exact) mass is 298 g/mol. The highest BCUT2D eigenvalue weighted by atomic mass is 19.4. The van der Waals surface area contributed by atoms with Crippen molar-refractivity contribution in [3.8, 4) is 11.1 Å². The lowest BCUT2D eigenvalue weighted by Gasteiger charge is -2.13. The lowest BCUT2D eigenvalue weighted by atomic mass is 9.97. The molecule has 0 aromatic heterocycles. The Balaban J connectivity index is 2.57. The molecule has 0 aliphatic rings. The number of carboxylic acid groups (broad SMARTS) is 1. The van der Waals surface area contributed by atoms with E-state index in [1.165, 1.54) is 24.3 Å². The lowest BCUT2D eigenvalue weighted by Crippen LogP contribution is -2.07. The molecule has 2 rings (SSSR count). The summed E-state index contributed by atoms with van der Waals surface area (Å²) in [5.74, 6) is -1.96. The van der Waals surface area contributed by atoms with E-state index in [1.54, 1.807) is 0 Å². The molecule has 110 valence electrons. The van der Waals surface area contributed by atoms with Crippen molar-refractivity contribution in [2.75, 3.05) is 0 Å². The van der Waals surface area contributed by atoms with Gasteiger partial charge in [-0.15, -0.1) is 0 Å². The summed E-state index contributed by atoms with van der Waals surface area (Å²) in [4.78, 5) is 10.7. The minimum Gasteiger partial charge on any atom is -0.481 e. The Hall–Kier alpha value is -2.37. The standard InChI is InChI=1S/C15H10F4O2/c16-11-6-9(7-14(20)21)5-10(8-11)12-3-1-2-4-13(12)15(17,18)19/h1-6,8H,7H2,(H,20,21). The van der Waals surface area contributed by atoms with Gasteiger partial charge < -0.3 is 5.11 Å². The van der Waals surface area contributed by atoms with Crippen molar-refractivity contribution < 1.29 is 27.5 Å². The fourth-order valence-electron chi connectivity index (χ4n) is 2.06. The molecule has 0 radical (unpaired) electrons. The van der Waals surface area contributed by atoms with E-state index in [4.69, 9.17) is 5.11 Å². The average Bonchev–Trinajstić information content (AvgIpc) is 2.36. The van der Waals surface area contributed by atoms with Gasteiger partial charge in [0.05, 0.1) is 12.0 Å². The molecule has 2 aromatic carbocycles. The van der Waals surface area contributed by atoms with E-state index >= 15 is 0 Å². The fourth-order valence-corrected chi connectivity index (χ4v) is 2.06. The maximum absolute atomic E-state index is 13.5. The number of hydrogen-bond acceptors (Lipinski definition) is 1. The summed E-state index contributed by atoms with van der Waals surface area (Å²) in [5.41, 5.74) is -0.971. The zero-order valence-corrected chi connectivity index (χ0v) is 10.6. The smallest absolute Gasteiger partial charge is 0.417 e. The second kappa shape index (κ2) is 5.55. The van der Waals surface area contributed by atoms with Crippen LogP contribution in [0.25, 0.3) is 11.1 Å². The van der Waals surface area contributed by atoms with Gasteiger partial charge in [-0.05, 0) is 34.9 Å². The molecule has 6 heteroatoms. The topological polar surface area (TPSA) is 37.3 Å². The lowest BCUT2D eigenvalue weighted by molar-refractivity contribution is -0.137. The summed E-state index contributed by atoms with van der Waals surface area (Å²) >= 11 is 0. The highest BCUT2D eigenvalue weighted by Gasteiger charge is 2.33. The second-order valence-corrected chi connectivity index (χ2v) is 4.46. The minimum atomic E-state index is -4.57. The number of alkyl halides is 3. The highest BCUT2D eigenvalue weighted by Crippen LogP contribution is 2.37. The third kappa shape index (κ3) is 3.59. The normalized spacial score (nSPS) is 11.4. The van der Waals surface area contributed by atoms with Crippen LogP contribution in [0.1, 0.15) is 11.1 Å². The molecule has 0 unspecified atom stereocenters. The quantitative estimate of drug-likeness (QED) is 0.865. The Labute approximate surface area is 117 Å². The Morgan fingerprint density at radius 1 is 1.10 bits per heavy atom. The predicted molar refractivity (Wildman–Crippen MR) is 68.2 cm³/mol. The molecule has 0 aliphatic heterocycles. The van der Waals surface area contributed by atoms with E-state index in [0.717, 1.165) is 18.2 Å². The van der Waals surface area contributed by atoms with Crippen molar-refractivity contribution in [3.05, 3.63) is 59.4 Å². The van der Waals surface area contributed by atoms with Gasteiger partial charge >= 0.3 is 12.1 Å². The van der Waals surface area contributed by atoms with Crippen molar-refractivity contribution in [1.29, 1.82) is 0 Å². The summed E-state index contributed by atoms with van der Waals surface area (Å²) < 4.78 is 52.4. The van der Waals surface area contributed by atoms with E-state index in [2.05, 4.69) is 0 Å². The van der Waals surface area contributed by atoms with Gasteiger partial charge in [0.2, 0.25) is 0 Å². The van der Waals surface area contributed by atoms with Crippen LogP contribution < -0.4 is 0 Å². The van der Waals surface area contributed by atoms with E-state index in [9.17, 15) is 22.4 Å². The Kier molecular flexibility index (Phi) is 3.97. The molecule has 0 spiro atoms. The second-order valence-electron chi connectivity index (χ2n) is 4.46. The number of carbonyl (C=O) groups is 1. The van der Waals surface area contributed by atoms with E-state index < -0.39 is 29.9 Å². The van der Waals surface area contributed by atoms with Gasteiger partial charge in [-0.3, -0.25) is 4.79 Å². The van der Waals surface area contributed by atoms with Crippen LogP contribution in [0.2, 0.25) is 0 Å². The maximum atomic E-state index is 13.5. The summed E-state index contributed by atoms with van der Waals surface area (Å²) in [5, 5.41) is 8.70. The molecule has 0 atom stereocenters. The van der Waals surface area contributed by atoms with Crippen LogP contribution in [0.5, 0.6) is 0 Å². The van der Waals surface area contributed by atoms with Gasteiger partial charge in [-0.2, -0.15) is 13.2 Å². The SMILES string of the molecule is O=C(O)Cc1cc(F)cc(-c2ccccc2C(F)(F)F)c1. The fraction of sp³-hybridized carbons (Fsp3) is 0.133. The van der Waals surface area contributed by atoms with Gasteiger partial charge in [-0.25, -0.2) is 4.39 Å². The van der Waals surface area contributed by atoms with Crippen LogP contribution in [0, 0.1) is 5.82 Å². The molecule has 0 saturated carbocycles. The van der Waals surface area contributed by atoms with Crippen molar-refractivity contribution in [1.82, 2.24) is 0 Å². The van der Waals surface area contributed by atoms with Crippen LogP contribution in [0.3, 0.4) is 0 Å². The molecule has 0 fully saturated rings. The van der Waals surface area contributed by atoms with Crippen molar-refractivity contribution in [3.63, 3.8) is 0 Å². The Morgan fingerprint density at radius 2 is 1.76 bits per heavy atom. The molecular weight excluding hydrogens is 288 g/mol. The summed E-state index contributed by atoms with van der Waals surface area (Å²) in [6, 6.07) is 7.97. The molecule has 2 nitrogen and oxygen atoms in total. The van der Waals surface area contributed by atoms with Crippen LogP contribution in [-0.2, 0) is 17.4 Å². The number of hydrogen-bond donors (Lipinski definition) is 1. The molecule has 2 aromatic rings. The van der Waals surface area contributed by atoms with Gasteiger partial charge in [0.15, 0.2) is 0 Å². The first-order valence-corrected chi connectivity index (χ1v) is 5.95. The highest BCUT2D eigenvalue weighted by molar-refractivity contribution is 5.73. The van der Waals surface area contributed by atoms with Gasteiger partial charge in [0, 0.05) is 0 Å². The molecule has 0 bridgehead atoms. The van der Waals surface area contributed by atoms with Crippen LogP contribution in [0.4, 0.5) is 17.6 Å². The third-order valence-corrected chi connectivity index (χ3v) is 2.86. The molecule has 0 aliphatic carbocycles. The van der Waals surface area contributed by atoms with Crippen molar-refractivity contribution in [2.45, 2.75) is 12.6 Å². The molecule has 0 heterocycles. The Morgan fingerprint density at radius 3 is 2.38 bits per heavy atom. The average molecular weight is 298 g/mol. The Bertz CT molecular complexity index is 678. The van der Waals surface area contributed by atoms with Crippen LogP contribution in [-0.4, -0.2) is 11.1 Å². The van der Waals surface area contributed by atoms with Crippen LogP contribution in [0.15, 0.2) is 42.5 Å². The van der Waals surface area contributed by atoms with Crippen molar-refractivity contribution >= 4 is 5.97 Å². The molecule has 0 amide bonds. The van der Waals surface area contributed by atoms with E-state index in [1.807, 2.05) is 0 Å². The van der Waals surface area contributed by atoms with E-state index in [0.29, 0.717) is 0 Å². The first kappa shape index (κ1) is 15.0. The van der Waals surface area contributed by atoms with Gasteiger partial charge in [-0.1, -0.05) is 24.3 Å². The number of carboxylic acids is 1. The first-order chi connectivity index (χ1) is 9.77. The largest absolute Gasteiger partial charge is 0.481 e. The number of benzene rings is 2. The molecular formula is C15H10F4O2. The molecule has 21 heavy (non-hydrogen) atoms. The first-order valence-electron chi connectivity index (χ1n) is 5.95. The number of aliphatic carboxylic acids is 1. The summed E-state index contributed by atoms with van der Waals surface area (Å²) in [6.07, 6.45) is -5.03. The van der Waals surface area contributed by atoms with Crippen LogP contribution >= 0.6 is 0 Å². The maximum Gasteiger partial charge on any atom is 0.417 e. The number of halogens is 4. The predicted octanol–water partition coefficient (Wildman–Crippen LogP) is 4.14.